The summed E-state index contributed by atoms with van der Waals surface area (Å²) in [6.07, 6.45) is 3.39. The Morgan fingerprint density at radius 1 is 1.33 bits per heavy atom. The molecule has 4 heteroatoms. The second-order valence-corrected chi connectivity index (χ2v) is 6.18. The van der Waals surface area contributed by atoms with Crippen molar-refractivity contribution in [2.24, 2.45) is 0 Å². The number of rotatable bonds is 8. The van der Waals surface area contributed by atoms with Crippen molar-refractivity contribution in [1.82, 2.24) is 10.3 Å². The van der Waals surface area contributed by atoms with Crippen LogP contribution in [-0.4, -0.2) is 24.2 Å². The lowest BCUT2D eigenvalue weighted by atomic mass is 10.2. The molecule has 0 saturated carbocycles. The molecular formula is C14H26N2OS. The van der Waals surface area contributed by atoms with Crippen molar-refractivity contribution in [3.63, 3.8) is 0 Å². The molecule has 3 nitrogen and oxygen atoms in total. The standard InChI is InChI=1S/C14H26N2OS/c1-6-7-12-13(9-15-10(2)3)18-14(16-12)8-11(4)17-5/h10-11,15H,6-9H2,1-5H3. The summed E-state index contributed by atoms with van der Waals surface area (Å²) < 4.78 is 5.31. The monoisotopic (exact) mass is 270 g/mol. The zero-order valence-corrected chi connectivity index (χ0v) is 13.1. The first-order chi connectivity index (χ1) is 8.56. The van der Waals surface area contributed by atoms with Gasteiger partial charge in [0.05, 0.1) is 16.8 Å². The van der Waals surface area contributed by atoms with Gasteiger partial charge in [-0.1, -0.05) is 27.2 Å². The Hall–Kier alpha value is -0.450. The number of thiazole rings is 1. The second kappa shape index (κ2) is 7.87. The maximum Gasteiger partial charge on any atom is 0.0957 e. The molecule has 0 aliphatic carbocycles. The summed E-state index contributed by atoms with van der Waals surface area (Å²) >= 11 is 1.83. The normalized spacial score (nSPS) is 13.2. The third-order valence-corrected chi connectivity index (χ3v) is 3.96. The van der Waals surface area contributed by atoms with E-state index in [2.05, 4.69) is 33.0 Å². The highest BCUT2D eigenvalue weighted by molar-refractivity contribution is 7.11. The summed E-state index contributed by atoms with van der Waals surface area (Å²) in [4.78, 5) is 6.16. The van der Waals surface area contributed by atoms with Gasteiger partial charge in [0.1, 0.15) is 0 Å². The Morgan fingerprint density at radius 2 is 2.06 bits per heavy atom. The molecule has 1 rings (SSSR count). The Labute approximate surface area is 115 Å². The smallest absolute Gasteiger partial charge is 0.0957 e. The molecule has 1 N–H and O–H groups in total. The van der Waals surface area contributed by atoms with E-state index in [0.29, 0.717) is 6.04 Å². The Kier molecular flexibility index (Phi) is 6.82. The lowest BCUT2D eigenvalue weighted by Gasteiger charge is -2.07. The predicted molar refractivity (Wildman–Crippen MR) is 78.3 cm³/mol. The molecule has 0 amide bonds. The third kappa shape index (κ3) is 5.04. The summed E-state index contributed by atoms with van der Waals surface area (Å²) in [7, 11) is 1.76. The van der Waals surface area contributed by atoms with E-state index in [1.54, 1.807) is 7.11 Å². The number of aryl methyl sites for hydroxylation is 1. The number of hydrogen-bond donors (Lipinski definition) is 1. The predicted octanol–water partition coefficient (Wildman–Crippen LogP) is 3.17. The minimum absolute atomic E-state index is 0.247. The van der Waals surface area contributed by atoms with Crippen LogP contribution < -0.4 is 5.32 Å². The van der Waals surface area contributed by atoms with E-state index in [9.17, 15) is 0 Å². The van der Waals surface area contributed by atoms with Crippen LogP contribution in [0.4, 0.5) is 0 Å². The molecule has 1 aromatic rings. The van der Waals surface area contributed by atoms with Gasteiger partial charge in [-0.15, -0.1) is 11.3 Å². The van der Waals surface area contributed by atoms with E-state index in [0.717, 1.165) is 25.8 Å². The topological polar surface area (TPSA) is 34.1 Å². The van der Waals surface area contributed by atoms with Gasteiger partial charge in [-0.2, -0.15) is 0 Å². The van der Waals surface area contributed by atoms with Gasteiger partial charge in [-0.3, -0.25) is 0 Å². The Morgan fingerprint density at radius 3 is 2.61 bits per heavy atom. The summed E-state index contributed by atoms with van der Waals surface area (Å²) in [5.41, 5.74) is 1.27. The van der Waals surface area contributed by atoms with Crippen molar-refractivity contribution >= 4 is 11.3 Å². The fourth-order valence-electron chi connectivity index (χ4n) is 1.72. The lowest BCUT2D eigenvalue weighted by Crippen LogP contribution is -2.21. The quantitative estimate of drug-likeness (QED) is 0.788. The molecule has 0 spiro atoms. The minimum Gasteiger partial charge on any atom is -0.381 e. The summed E-state index contributed by atoms with van der Waals surface area (Å²) in [6.45, 7) is 9.58. The SMILES string of the molecule is CCCc1nc(CC(C)OC)sc1CNC(C)C. The average molecular weight is 270 g/mol. The summed E-state index contributed by atoms with van der Waals surface area (Å²) in [6, 6.07) is 0.517. The van der Waals surface area contributed by atoms with Crippen molar-refractivity contribution in [2.45, 2.75) is 65.6 Å². The highest BCUT2D eigenvalue weighted by Crippen LogP contribution is 2.22. The summed E-state index contributed by atoms with van der Waals surface area (Å²) in [5.74, 6) is 0. The van der Waals surface area contributed by atoms with Crippen molar-refractivity contribution in [3.8, 4) is 0 Å². The van der Waals surface area contributed by atoms with E-state index >= 15 is 0 Å². The Balaban J connectivity index is 2.73. The molecule has 1 atom stereocenters. The first kappa shape index (κ1) is 15.6. The highest BCUT2D eigenvalue weighted by Gasteiger charge is 2.12. The van der Waals surface area contributed by atoms with Gasteiger partial charge < -0.3 is 10.1 Å². The van der Waals surface area contributed by atoms with Gasteiger partial charge in [0.15, 0.2) is 0 Å². The molecule has 104 valence electrons. The molecule has 0 aliphatic rings. The van der Waals surface area contributed by atoms with Crippen molar-refractivity contribution in [3.05, 3.63) is 15.6 Å². The second-order valence-electron chi connectivity index (χ2n) is 5.01. The zero-order chi connectivity index (χ0) is 13.5. The van der Waals surface area contributed by atoms with Crippen molar-refractivity contribution in [2.75, 3.05) is 7.11 Å². The highest BCUT2D eigenvalue weighted by atomic mass is 32.1. The summed E-state index contributed by atoms with van der Waals surface area (Å²) in [5, 5.41) is 4.68. The zero-order valence-electron chi connectivity index (χ0n) is 12.2. The first-order valence-electron chi connectivity index (χ1n) is 6.80. The molecule has 0 aliphatic heterocycles. The van der Waals surface area contributed by atoms with E-state index in [1.807, 2.05) is 11.3 Å². The number of hydrogen-bond acceptors (Lipinski definition) is 4. The van der Waals surface area contributed by atoms with Crippen LogP contribution in [0.25, 0.3) is 0 Å². The third-order valence-electron chi connectivity index (χ3n) is 2.84. The number of nitrogens with zero attached hydrogens (tertiary/aromatic N) is 1. The molecule has 1 unspecified atom stereocenters. The molecule has 0 fully saturated rings. The molecule has 0 aromatic carbocycles. The molecule has 0 radical (unpaired) electrons. The lowest BCUT2D eigenvalue weighted by molar-refractivity contribution is 0.118. The van der Waals surface area contributed by atoms with Crippen LogP contribution in [-0.2, 0) is 24.1 Å². The van der Waals surface area contributed by atoms with Gasteiger partial charge in [-0.25, -0.2) is 4.98 Å². The molecular weight excluding hydrogens is 244 g/mol. The maximum absolute atomic E-state index is 5.31. The van der Waals surface area contributed by atoms with Crippen LogP contribution in [0.2, 0.25) is 0 Å². The fraction of sp³-hybridized carbons (Fsp3) is 0.786. The van der Waals surface area contributed by atoms with Gasteiger partial charge in [0, 0.05) is 31.0 Å². The average Bonchev–Trinajstić information content (AvgIpc) is 2.69. The number of methoxy groups -OCH3 is 1. The number of aromatic nitrogens is 1. The minimum atomic E-state index is 0.247. The van der Waals surface area contributed by atoms with Crippen molar-refractivity contribution < 1.29 is 4.74 Å². The van der Waals surface area contributed by atoms with Crippen LogP contribution >= 0.6 is 11.3 Å². The van der Waals surface area contributed by atoms with Crippen LogP contribution in [0.15, 0.2) is 0 Å². The van der Waals surface area contributed by atoms with E-state index in [1.165, 1.54) is 15.6 Å². The van der Waals surface area contributed by atoms with Crippen LogP contribution in [0.3, 0.4) is 0 Å². The van der Waals surface area contributed by atoms with Crippen molar-refractivity contribution in [1.29, 1.82) is 0 Å². The van der Waals surface area contributed by atoms with Gasteiger partial charge >= 0.3 is 0 Å². The Bertz CT molecular complexity index is 350. The van der Waals surface area contributed by atoms with Crippen LogP contribution in [0.1, 0.15) is 49.7 Å². The first-order valence-corrected chi connectivity index (χ1v) is 7.62. The largest absolute Gasteiger partial charge is 0.381 e. The van der Waals surface area contributed by atoms with E-state index in [-0.39, 0.29) is 6.10 Å². The number of ether oxygens (including phenoxy) is 1. The number of nitrogens with one attached hydrogen (secondary N) is 1. The molecule has 0 saturated heterocycles. The van der Waals surface area contributed by atoms with E-state index in [4.69, 9.17) is 9.72 Å². The van der Waals surface area contributed by atoms with Gasteiger partial charge in [-0.05, 0) is 13.3 Å². The maximum atomic E-state index is 5.31. The molecule has 0 bridgehead atoms. The molecule has 1 aromatic heterocycles. The van der Waals surface area contributed by atoms with Crippen LogP contribution in [0.5, 0.6) is 0 Å². The van der Waals surface area contributed by atoms with Gasteiger partial charge in [0.25, 0.3) is 0 Å². The fourth-order valence-corrected chi connectivity index (χ4v) is 2.90. The van der Waals surface area contributed by atoms with Gasteiger partial charge in [0.2, 0.25) is 0 Å². The molecule has 1 heterocycles. The molecule has 18 heavy (non-hydrogen) atoms. The van der Waals surface area contributed by atoms with E-state index < -0.39 is 0 Å². The van der Waals surface area contributed by atoms with Crippen LogP contribution in [0, 0.1) is 0 Å².